The predicted molar refractivity (Wildman–Crippen MR) is 188 cm³/mol. The van der Waals surface area contributed by atoms with Gasteiger partial charge in [-0.3, -0.25) is 4.79 Å². The second-order valence-corrected chi connectivity index (χ2v) is 14.9. The van der Waals surface area contributed by atoms with E-state index >= 15 is 0 Å². The molecule has 3 aromatic carbocycles. The first kappa shape index (κ1) is 32.2. The molecule has 1 saturated carbocycles. The third kappa shape index (κ3) is 6.20. The molecule has 250 valence electrons. The summed E-state index contributed by atoms with van der Waals surface area (Å²) in [7, 11) is 1.79. The lowest BCUT2D eigenvalue weighted by molar-refractivity contribution is 0.000679. The number of rotatable bonds is 9. The zero-order valence-electron chi connectivity index (χ0n) is 29.0. The number of aryl methyl sites for hydroxylation is 1. The fourth-order valence-electron chi connectivity index (χ4n) is 8.41. The number of hydrogen-bond donors (Lipinski definition) is 0. The van der Waals surface area contributed by atoms with Crippen LogP contribution < -0.4 is 14.4 Å². The van der Waals surface area contributed by atoms with Crippen LogP contribution in [0.1, 0.15) is 97.3 Å². The first-order valence-corrected chi connectivity index (χ1v) is 17.9. The van der Waals surface area contributed by atoms with Gasteiger partial charge in [-0.05, 0) is 93.6 Å². The number of piperidine rings is 1. The summed E-state index contributed by atoms with van der Waals surface area (Å²) in [6.45, 7) is 14.2. The second kappa shape index (κ2) is 13.3. The molecule has 3 aromatic rings. The van der Waals surface area contributed by atoms with Gasteiger partial charge in [-0.1, -0.05) is 74.4 Å². The minimum absolute atomic E-state index is 0.209. The Morgan fingerprint density at radius 3 is 2.49 bits per heavy atom. The van der Waals surface area contributed by atoms with Crippen LogP contribution in [0.2, 0.25) is 0 Å². The molecule has 0 radical (unpaired) electrons. The highest BCUT2D eigenvalue weighted by Gasteiger charge is 2.40. The monoisotopic (exact) mass is 636 g/mol. The summed E-state index contributed by atoms with van der Waals surface area (Å²) in [6.07, 6.45) is 5.42. The van der Waals surface area contributed by atoms with Crippen LogP contribution >= 0.6 is 0 Å². The highest BCUT2D eigenvalue weighted by atomic mass is 16.6. The number of anilines is 1. The minimum Gasteiger partial charge on any atom is -0.485 e. The average molecular weight is 637 g/mol. The summed E-state index contributed by atoms with van der Waals surface area (Å²) >= 11 is 0. The summed E-state index contributed by atoms with van der Waals surface area (Å²) in [5.41, 5.74) is 6.63. The number of hydrogen-bond acceptors (Lipinski definition) is 6. The molecule has 4 aliphatic rings. The van der Waals surface area contributed by atoms with E-state index in [1.165, 1.54) is 28.8 Å². The van der Waals surface area contributed by atoms with Gasteiger partial charge in [0.2, 0.25) is 0 Å². The van der Waals surface area contributed by atoms with Crippen LogP contribution in [0.15, 0.2) is 60.7 Å². The Bertz CT molecular complexity index is 1590. The molecule has 0 aromatic heterocycles. The maximum absolute atomic E-state index is 13.3. The van der Waals surface area contributed by atoms with E-state index in [0.29, 0.717) is 42.8 Å². The smallest absolute Gasteiger partial charge is 0.166 e. The van der Waals surface area contributed by atoms with Crippen molar-refractivity contribution in [2.45, 2.75) is 83.3 Å². The first-order valence-electron chi connectivity index (χ1n) is 17.9. The quantitative estimate of drug-likeness (QED) is 0.221. The molecule has 47 heavy (non-hydrogen) atoms. The fourth-order valence-corrected chi connectivity index (χ4v) is 8.41. The van der Waals surface area contributed by atoms with E-state index in [0.717, 1.165) is 74.5 Å². The molecule has 0 amide bonds. The van der Waals surface area contributed by atoms with Gasteiger partial charge >= 0.3 is 0 Å². The van der Waals surface area contributed by atoms with Crippen molar-refractivity contribution in [3.63, 3.8) is 0 Å². The second-order valence-electron chi connectivity index (χ2n) is 14.9. The minimum atomic E-state index is -0.520. The molecule has 4 unspecified atom stereocenters. The molecule has 0 spiro atoms. The van der Waals surface area contributed by atoms with Gasteiger partial charge in [0.25, 0.3) is 0 Å². The largest absolute Gasteiger partial charge is 0.485 e. The van der Waals surface area contributed by atoms with Gasteiger partial charge < -0.3 is 24.0 Å². The molecule has 1 saturated heterocycles. The van der Waals surface area contributed by atoms with Crippen molar-refractivity contribution in [1.82, 2.24) is 4.90 Å². The molecular formula is C41H52N2O4. The zero-order valence-corrected chi connectivity index (χ0v) is 29.0. The van der Waals surface area contributed by atoms with Crippen LogP contribution in [0.25, 0.3) is 0 Å². The Balaban J connectivity index is 1.07. The number of ether oxygens (including phenoxy) is 3. The van der Waals surface area contributed by atoms with Gasteiger partial charge in [-0.15, -0.1) is 0 Å². The lowest BCUT2D eigenvalue weighted by Gasteiger charge is -2.48. The first-order chi connectivity index (χ1) is 22.8. The van der Waals surface area contributed by atoms with E-state index in [2.05, 4.69) is 92.1 Å². The van der Waals surface area contributed by atoms with Crippen molar-refractivity contribution >= 4 is 11.5 Å². The lowest BCUT2D eigenvalue weighted by atomic mass is 9.76. The number of Topliss-reactive ketones (excluding diaryl/α,β-unsaturated/α-hetero) is 1. The Morgan fingerprint density at radius 2 is 1.77 bits per heavy atom. The van der Waals surface area contributed by atoms with E-state index in [4.69, 9.17) is 14.2 Å². The SMILES string of the molecule is COCCN1c2cc(C(=O)C3CCC3)ccc2C(C)C(C)C1CN1CCC(c2cccc3c2OC(C)(c2cccc(C)c2)CO3)CC1. The number of carbonyl (C=O) groups excluding carboxylic acids is 1. The normalized spacial score (nSPS) is 26.5. The number of ketones is 1. The van der Waals surface area contributed by atoms with E-state index in [1.54, 1.807) is 7.11 Å². The van der Waals surface area contributed by atoms with Gasteiger partial charge in [0, 0.05) is 49.0 Å². The standard InChI is InChI=1S/C41H52N2O4/c1-27-9-6-12-33(23-27)41(4)26-46-38-14-8-13-35(40(38)47-41)30-17-19-42(20-18-30)25-37-29(3)28(2)34-16-15-32(39(44)31-10-7-11-31)24-36(34)43(37)21-22-45-5/h6,8-9,12-16,23-24,28-31,37H,7,10-11,17-22,25-26H2,1-5H3. The molecule has 0 N–H and O–H groups in total. The number of fused-ring (bicyclic) bond motifs is 2. The number of benzene rings is 3. The Morgan fingerprint density at radius 1 is 0.979 bits per heavy atom. The molecule has 1 aliphatic carbocycles. The molecule has 3 heterocycles. The highest BCUT2D eigenvalue weighted by Crippen LogP contribution is 2.47. The van der Waals surface area contributed by atoms with Crippen LogP contribution in [0.3, 0.4) is 0 Å². The Hall–Kier alpha value is -3.35. The summed E-state index contributed by atoms with van der Waals surface area (Å²) in [6, 6.07) is 21.9. The average Bonchev–Trinajstić information content (AvgIpc) is 3.06. The molecule has 7 rings (SSSR count). The lowest BCUT2D eigenvalue weighted by Crippen LogP contribution is -2.53. The fraction of sp³-hybridized carbons (Fsp3) is 0.537. The van der Waals surface area contributed by atoms with Gasteiger partial charge in [-0.25, -0.2) is 0 Å². The zero-order chi connectivity index (χ0) is 32.7. The van der Waals surface area contributed by atoms with E-state index < -0.39 is 5.60 Å². The van der Waals surface area contributed by atoms with Crippen molar-refractivity contribution in [2.24, 2.45) is 11.8 Å². The van der Waals surface area contributed by atoms with E-state index in [-0.39, 0.29) is 5.92 Å². The Labute approximate surface area is 281 Å². The third-order valence-electron chi connectivity index (χ3n) is 11.9. The van der Waals surface area contributed by atoms with Crippen LogP contribution in [0.5, 0.6) is 11.5 Å². The Kier molecular flexibility index (Phi) is 9.10. The maximum Gasteiger partial charge on any atom is 0.166 e. The van der Waals surface area contributed by atoms with Crippen molar-refractivity contribution in [3.8, 4) is 11.5 Å². The van der Waals surface area contributed by atoms with Gasteiger partial charge in [0.15, 0.2) is 22.9 Å². The van der Waals surface area contributed by atoms with Crippen molar-refractivity contribution in [3.05, 3.63) is 88.5 Å². The van der Waals surface area contributed by atoms with Crippen molar-refractivity contribution in [1.29, 1.82) is 0 Å². The van der Waals surface area contributed by atoms with Crippen molar-refractivity contribution < 1.29 is 19.0 Å². The van der Waals surface area contributed by atoms with E-state index in [1.807, 2.05) is 6.07 Å². The van der Waals surface area contributed by atoms with Gasteiger partial charge in [-0.2, -0.15) is 0 Å². The maximum atomic E-state index is 13.3. The molecular weight excluding hydrogens is 584 g/mol. The topological polar surface area (TPSA) is 51.2 Å². The molecule has 0 bridgehead atoms. The van der Waals surface area contributed by atoms with Crippen LogP contribution in [0, 0.1) is 18.8 Å². The number of likely N-dealkylation sites (tertiary alicyclic amines) is 1. The number of carbonyl (C=O) groups is 1. The van der Waals surface area contributed by atoms with Crippen LogP contribution in [-0.4, -0.2) is 63.2 Å². The molecule has 3 aliphatic heterocycles. The predicted octanol–water partition coefficient (Wildman–Crippen LogP) is 8.12. The number of para-hydroxylation sites is 1. The molecule has 2 fully saturated rings. The molecule has 6 heteroatoms. The summed E-state index contributed by atoms with van der Waals surface area (Å²) in [5.74, 6) is 3.66. The molecule has 6 nitrogen and oxygen atoms in total. The van der Waals surface area contributed by atoms with Gasteiger partial charge in [0.05, 0.1) is 6.61 Å². The third-order valence-corrected chi connectivity index (χ3v) is 11.9. The van der Waals surface area contributed by atoms with E-state index in [9.17, 15) is 4.79 Å². The summed E-state index contributed by atoms with van der Waals surface area (Å²) in [5, 5.41) is 0. The number of nitrogens with zero attached hydrogens (tertiary/aromatic N) is 2. The van der Waals surface area contributed by atoms with Crippen LogP contribution in [-0.2, 0) is 10.3 Å². The molecule has 4 atom stereocenters. The highest BCUT2D eigenvalue weighted by molar-refractivity contribution is 5.99. The van der Waals surface area contributed by atoms with Gasteiger partial charge in [0.1, 0.15) is 6.61 Å². The number of methoxy groups -OCH3 is 1. The summed E-state index contributed by atoms with van der Waals surface area (Å²) < 4.78 is 18.8. The summed E-state index contributed by atoms with van der Waals surface area (Å²) in [4.78, 5) is 18.5. The van der Waals surface area contributed by atoms with Crippen molar-refractivity contribution in [2.75, 3.05) is 51.4 Å². The van der Waals surface area contributed by atoms with Crippen LogP contribution in [0.4, 0.5) is 5.69 Å².